The summed E-state index contributed by atoms with van der Waals surface area (Å²) in [4.78, 5) is 15.4. The van der Waals surface area contributed by atoms with Crippen molar-refractivity contribution in [3.05, 3.63) is 17.3 Å². The first-order valence-corrected chi connectivity index (χ1v) is 6.05. The van der Waals surface area contributed by atoms with Gasteiger partial charge in [-0.15, -0.1) is 0 Å². The van der Waals surface area contributed by atoms with Crippen molar-refractivity contribution in [2.24, 2.45) is 11.3 Å². The fourth-order valence-electron chi connectivity index (χ4n) is 2.17. The van der Waals surface area contributed by atoms with Crippen molar-refractivity contribution in [3.8, 4) is 0 Å². The molecule has 0 spiro atoms. The molecule has 94 valence electrons. The third kappa shape index (κ3) is 2.87. The van der Waals surface area contributed by atoms with Crippen LogP contribution in [0.4, 0.5) is 0 Å². The van der Waals surface area contributed by atoms with Crippen molar-refractivity contribution < 1.29 is 14.3 Å². The monoisotopic (exact) mass is 237 g/mol. The molecule has 1 atom stereocenters. The number of nitrogens with zero attached hydrogens (tertiary/aromatic N) is 1. The Hall–Kier alpha value is -1.32. The molecule has 0 saturated heterocycles. The number of carbonyl (C=O) groups is 1. The van der Waals surface area contributed by atoms with Crippen LogP contribution < -0.4 is 0 Å². The zero-order valence-corrected chi connectivity index (χ0v) is 10.6. The number of aliphatic carboxylic acids is 1. The van der Waals surface area contributed by atoms with Crippen molar-refractivity contribution in [1.29, 1.82) is 0 Å². The molecule has 0 fully saturated rings. The second-order valence-electron chi connectivity index (χ2n) is 5.99. The second-order valence-corrected chi connectivity index (χ2v) is 5.99. The summed E-state index contributed by atoms with van der Waals surface area (Å²) in [6, 6.07) is 0. The van der Waals surface area contributed by atoms with Gasteiger partial charge >= 0.3 is 5.97 Å². The van der Waals surface area contributed by atoms with Crippen LogP contribution in [0.2, 0.25) is 0 Å². The number of hydrogen-bond acceptors (Lipinski definition) is 3. The molecular formula is C13H19NO3. The molecule has 0 amide bonds. The minimum absolute atomic E-state index is 0.139. The number of hydrogen-bond donors (Lipinski definition) is 1. The Labute approximate surface area is 101 Å². The van der Waals surface area contributed by atoms with Crippen LogP contribution in [-0.2, 0) is 24.1 Å². The van der Waals surface area contributed by atoms with Gasteiger partial charge in [-0.3, -0.25) is 4.79 Å². The summed E-state index contributed by atoms with van der Waals surface area (Å²) in [5.41, 5.74) is 1.10. The van der Waals surface area contributed by atoms with Crippen molar-refractivity contribution in [2.45, 2.75) is 46.5 Å². The molecule has 1 unspecified atom stereocenters. The maximum Gasteiger partial charge on any atom is 0.306 e. The van der Waals surface area contributed by atoms with Crippen molar-refractivity contribution >= 4 is 5.97 Å². The highest BCUT2D eigenvalue weighted by molar-refractivity contribution is 5.70. The van der Waals surface area contributed by atoms with Gasteiger partial charge in [0.2, 0.25) is 0 Å². The minimum atomic E-state index is -0.732. The van der Waals surface area contributed by atoms with E-state index in [1.165, 1.54) is 0 Å². The van der Waals surface area contributed by atoms with E-state index in [9.17, 15) is 4.79 Å². The van der Waals surface area contributed by atoms with Gasteiger partial charge in [-0.05, 0) is 18.3 Å². The lowest BCUT2D eigenvalue weighted by atomic mass is 9.90. The molecule has 0 aromatic carbocycles. The predicted octanol–water partition coefficient (Wildman–Crippen LogP) is 2.45. The topological polar surface area (TPSA) is 63.3 Å². The van der Waals surface area contributed by atoms with Crippen LogP contribution in [0.15, 0.2) is 4.42 Å². The smallest absolute Gasteiger partial charge is 0.306 e. The lowest BCUT2D eigenvalue weighted by molar-refractivity contribution is -0.142. The summed E-state index contributed by atoms with van der Waals surface area (Å²) >= 11 is 0. The van der Waals surface area contributed by atoms with E-state index in [4.69, 9.17) is 9.52 Å². The van der Waals surface area contributed by atoms with Gasteiger partial charge in [-0.25, -0.2) is 4.98 Å². The van der Waals surface area contributed by atoms with E-state index in [0.717, 1.165) is 30.2 Å². The van der Waals surface area contributed by atoms with E-state index in [2.05, 4.69) is 25.8 Å². The fourth-order valence-corrected chi connectivity index (χ4v) is 2.17. The Kier molecular flexibility index (Phi) is 2.98. The second kappa shape index (κ2) is 4.17. The highest BCUT2D eigenvalue weighted by Gasteiger charge is 2.29. The summed E-state index contributed by atoms with van der Waals surface area (Å²) < 4.78 is 5.69. The standard InChI is InChI=1S/C13H19NO3/c1-13(2,3)7-11-14-9-5-4-8(12(15)16)6-10(9)17-11/h8H,4-7H2,1-3H3,(H,15,16). The average Bonchev–Trinajstić information content (AvgIpc) is 2.54. The third-order valence-electron chi connectivity index (χ3n) is 3.01. The SMILES string of the molecule is CC(C)(C)Cc1nc2c(o1)CC(C(=O)O)CC2. The Balaban J connectivity index is 2.15. The molecule has 4 heteroatoms. The van der Waals surface area contributed by atoms with Gasteiger partial charge in [0.25, 0.3) is 0 Å². The van der Waals surface area contributed by atoms with E-state index in [1.54, 1.807) is 0 Å². The first-order chi connectivity index (χ1) is 7.85. The predicted molar refractivity (Wildman–Crippen MR) is 62.8 cm³/mol. The molecule has 1 aromatic heterocycles. The fraction of sp³-hybridized carbons (Fsp3) is 0.692. The van der Waals surface area contributed by atoms with Crippen molar-refractivity contribution in [1.82, 2.24) is 4.98 Å². The number of rotatable bonds is 2. The quantitative estimate of drug-likeness (QED) is 0.858. The summed E-state index contributed by atoms with van der Waals surface area (Å²) in [6.07, 6.45) is 2.67. The molecule has 1 N–H and O–H groups in total. The Morgan fingerprint density at radius 2 is 2.24 bits per heavy atom. The molecule has 2 rings (SSSR count). The van der Waals surface area contributed by atoms with Crippen molar-refractivity contribution in [3.63, 3.8) is 0 Å². The zero-order chi connectivity index (χ0) is 12.6. The Morgan fingerprint density at radius 1 is 1.53 bits per heavy atom. The number of aryl methyl sites for hydroxylation is 1. The third-order valence-corrected chi connectivity index (χ3v) is 3.01. The molecule has 4 nitrogen and oxygen atoms in total. The van der Waals surface area contributed by atoms with E-state index in [1.807, 2.05) is 0 Å². The van der Waals surface area contributed by atoms with Gasteiger partial charge in [-0.1, -0.05) is 20.8 Å². The van der Waals surface area contributed by atoms with Crippen LogP contribution >= 0.6 is 0 Å². The first-order valence-electron chi connectivity index (χ1n) is 6.05. The number of carboxylic acid groups (broad SMARTS) is 1. The van der Waals surface area contributed by atoms with Crippen molar-refractivity contribution in [2.75, 3.05) is 0 Å². The molecular weight excluding hydrogens is 218 g/mol. The highest BCUT2D eigenvalue weighted by Crippen LogP contribution is 2.28. The van der Waals surface area contributed by atoms with Gasteiger partial charge < -0.3 is 9.52 Å². The van der Waals surface area contributed by atoms with Crippen LogP contribution in [-0.4, -0.2) is 16.1 Å². The van der Waals surface area contributed by atoms with Crippen LogP contribution in [0.1, 0.15) is 44.5 Å². The van der Waals surface area contributed by atoms with Gasteiger partial charge in [0.05, 0.1) is 11.6 Å². The van der Waals surface area contributed by atoms with Crippen LogP contribution in [0, 0.1) is 11.3 Å². The number of carboxylic acids is 1. The Morgan fingerprint density at radius 3 is 2.82 bits per heavy atom. The highest BCUT2D eigenvalue weighted by atomic mass is 16.4. The summed E-state index contributed by atoms with van der Waals surface area (Å²) in [5.74, 6) is 0.485. The Bertz CT molecular complexity index is 428. The van der Waals surface area contributed by atoms with E-state index < -0.39 is 5.97 Å². The molecule has 0 saturated carbocycles. The van der Waals surface area contributed by atoms with Crippen LogP contribution in [0.3, 0.4) is 0 Å². The largest absolute Gasteiger partial charge is 0.481 e. The van der Waals surface area contributed by atoms with Gasteiger partial charge in [-0.2, -0.15) is 0 Å². The number of oxazole rings is 1. The van der Waals surface area contributed by atoms with E-state index in [0.29, 0.717) is 12.8 Å². The molecule has 1 aliphatic rings. The minimum Gasteiger partial charge on any atom is -0.481 e. The number of fused-ring (bicyclic) bond motifs is 1. The van der Waals surface area contributed by atoms with Crippen LogP contribution in [0.5, 0.6) is 0 Å². The molecule has 1 heterocycles. The molecule has 1 aromatic rings. The van der Waals surface area contributed by atoms with Gasteiger partial charge in [0, 0.05) is 12.8 Å². The maximum absolute atomic E-state index is 10.9. The number of aromatic nitrogens is 1. The van der Waals surface area contributed by atoms with E-state index in [-0.39, 0.29) is 11.3 Å². The van der Waals surface area contributed by atoms with Crippen LogP contribution in [0.25, 0.3) is 0 Å². The molecule has 0 radical (unpaired) electrons. The molecule has 0 bridgehead atoms. The zero-order valence-electron chi connectivity index (χ0n) is 10.6. The van der Waals surface area contributed by atoms with E-state index >= 15 is 0 Å². The molecule has 17 heavy (non-hydrogen) atoms. The maximum atomic E-state index is 10.9. The normalized spacial score (nSPS) is 20.1. The summed E-state index contributed by atoms with van der Waals surface area (Å²) in [6.45, 7) is 6.41. The summed E-state index contributed by atoms with van der Waals surface area (Å²) in [7, 11) is 0. The van der Waals surface area contributed by atoms with Gasteiger partial charge in [0.1, 0.15) is 5.76 Å². The average molecular weight is 237 g/mol. The summed E-state index contributed by atoms with van der Waals surface area (Å²) in [5, 5.41) is 9.00. The first kappa shape index (κ1) is 12.1. The van der Waals surface area contributed by atoms with Gasteiger partial charge in [0.15, 0.2) is 5.89 Å². The molecule has 0 aliphatic heterocycles. The molecule has 1 aliphatic carbocycles. The lowest BCUT2D eigenvalue weighted by Gasteiger charge is -2.15. The lowest BCUT2D eigenvalue weighted by Crippen LogP contribution is -2.21.